The molecule has 0 fully saturated rings. The first-order valence-corrected chi connectivity index (χ1v) is 12.9. The van der Waals surface area contributed by atoms with Crippen molar-refractivity contribution in [1.82, 2.24) is 14.8 Å². The molecule has 8 heteroatoms. The molecule has 3 N–H and O–H groups in total. The van der Waals surface area contributed by atoms with Gasteiger partial charge in [-0.2, -0.15) is 4.98 Å². The summed E-state index contributed by atoms with van der Waals surface area (Å²) in [7, 11) is 0. The topological polar surface area (TPSA) is 101 Å². The predicted octanol–water partition coefficient (Wildman–Crippen LogP) is 6.16. The maximum Gasteiger partial charge on any atom is 0.255 e. The number of nitrogens with one attached hydrogen (secondary N) is 2. The van der Waals surface area contributed by atoms with Crippen LogP contribution < -0.4 is 15.4 Å². The van der Waals surface area contributed by atoms with Gasteiger partial charge in [-0.05, 0) is 66.6 Å². The van der Waals surface area contributed by atoms with Gasteiger partial charge in [-0.3, -0.25) is 4.79 Å². The molecule has 1 aliphatic heterocycles. The number of phenols is 1. The third-order valence-electron chi connectivity index (χ3n) is 6.68. The average Bonchev–Trinajstić information content (AvgIpc) is 3.40. The summed E-state index contributed by atoms with van der Waals surface area (Å²) in [4.78, 5) is 18.5. The number of nitrogens with zero attached hydrogens (tertiary/aromatic N) is 3. The zero-order valence-electron chi connectivity index (χ0n) is 21.8. The Kier molecular flexibility index (Phi) is 6.72. The van der Waals surface area contributed by atoms with Gasteiger partial charge in [0.1, 0.15) is 24.1 Å². The Bertz CT molecular complexity index is 1680. The zero-order valence-corrected chi connectivity index (χ0v) is 21.8. The van der Waals surface area contributed by atoms with E-state index in [-0.39, 0.29) is 11.7 Å². The fourth-order valence-corrected chi connectivity index (χ4v) is 4.72. The van der Waals surface area contributed by atoms with Crippen LogP contribution in [-0.4, -0.2) is 25.8 Å². The monoisotopic (exact) mass is 529 g/mol. The molecular formula is C32H27N5O3. The van der Waals surface area contributed by atoms with Gasteiger partial charge in [-0.25, -0.2) is 4.68 Å². The highest BCUT2D eigenvalue weighted by atomic mass is 16.5. The summed E-state index contributed by atoms with van der Waals surface area (Å²) in [6, 6.07) is 33.2. The lowest BCUT2D eigenvalue weighted by molar-refractivity contribution is -0.113. The Morgan fingerprint density at radius 2 is 1.68 bits per heavy atom. The van der Waals surface area contributed by atoms with E-state index in [1.807, 2.05) is 91.9 Å². The van der Waals surface area contributed by atoms with Crippen molar-refractivity contribution in [3.05, 3.63) is 132 Å². The molecule has 1 amide bonds. The number of allylic oxidation sites excluding steroid dienone is 1. The minimum absolute atomic E-state index is 0.161. The number of hydrogen-bond acceptors (Lipinski definition) is 6. The first-order chi connectivity index (χ1) is 19.5. The number of fused-ring (bicyclic) bond motifs is 1. The molecule has 6 rings (SSSR count). The van der Waals surface area contributed by atoms with Crippen molar-refractivity contribution in [2.45, 2.75) is 19.6 Å². The second-order valence-corrected chi connectivity index (χ2v) is 9.48. The smallest absolute Gasteiger partial charge is 0.255 e. The number of benzene rings is 4. The highest BCUT2D eigenvalue weighted by molar-refractivity contribution is 6.06. The summed E-state index contributed by atoms with van der Waals surface area (Å²) in [5.74, 6) is 1.58. The number of aromatic nitrogens is 3. The lowest BCUT2D eigenvalue weighted by Crippen LogP contribution is -2.31. The quantitative estimate of drug-likeness (QED) is 0.234. The van der Waals surface area contributed by atoms with Crippen molar-refractivity contribution < 1.29 is 14.6 Å². The van der Waals surface area contributed by atoms with E-state index in [1.54, 1.807) is 28.9 Å². The Labute approximate surface area is 231 Å². The molecule has 0 radical (unpaired) electrons. The number of phenolic OH excluding ortho intramolecular Hbond substituents is 1. The van der Waals surface area contributed by atoms with Gasteiger partial charge in [-0.1, -0.05) is 60.7 Å². The summed E-state index contributed by atoms with van der Waals surface area (Å²) in [6.45, 7) is 2.29. The lowest BCUT2D eigenvalue weighted by Gasteiger charge is -2.29. The van der Waals surface area contributed by atoms with E-state index in [2.05, 4.69) is 10.6 Å². The van der Waals surface area contributed by atoms with Crippen LogP contribution in [0.15, 0.2) is 120 Å². The van der Waals surface area contributed by atoms with E-state index >= 15 is 0 Å². The largest absolute Gasteiger partial charge is 0.508 e. The summed E-state index contributed by atoms with van der Waals surface area (Å²) < 4.78 is 7.84. The van der Waals surface area contributed by atoms with Gasteiger partial charge in [0.25, 0.3) is 5.91 Å². The molecule has 4 aromatic carbocycles. The third-order valence-corrected chi connectivity index (χ3v) is 6.68. The SMILES string of the molecule is CC1=C(C(=O)Nc2ccccc2)C(c2cccc(OCc3ccccc3)c2)n2nc(-c3ccc(O)cc3)nc2N1. The molecule has 40 heavy (non-hydrogen) atoms. The Hall–Kier alpha value is -5.37. The first kappa shape index (κ1) is 24.9. The van der Waals surface area contributed by atoms with Crippen LogP contribution in [-0.2, 0) is 11.4 Å². The summed E-state index contributed by atoms with van der Waals surface area (Å²) >= 11 is 0. The molecule has 1 aromatic heterocycles. The zero-order chi connectivity index (χ0) is 27.5. The Morgan fingerprint density at radius 1 is 0.950 bits per heavy atom. The van der Waals surface area contributed by atoms with Crippen LogP contribution in [0.5, 0.6) is 11.5 Å². The number of aromatic hydroxyl groups is 1. The van der Waals surface area contributed by atoms with Gasteiger partial charge in [0.15, 0.2) is 5.82 Å². The van der Waals surface area contributed by atoms with Crippen molar-refractivity contribution in [3.63, 3.8) is 0 Å². The number of carbonyl (C=O) groups is 1. The van der Waals surface area contributed by atoms with Crippen molar-refractivity contribution in [2.75, 3.05) is 10.6 Å². The van der Waals surface area contributed by atoms with Gasteiger partial charge >= 0.3 is 0 Å². The molecule has 2 heterocycles. The van der Waals surface area contributed by atoms with E-state index in [0.717, 1.165) is 16.7 Å². The highest BCUT2D eigenvalue weighted by Gasteiger charge is 2.34. The van der Waals surface area contributed by atoms with Crippen LogP contribution in [0.25, 0.3) is 11.4 Å². The summed E-state index contributed by atoms with van der Waals surface area (Å²) in [5.41, 5.74) is 4.51. The predicted molar refractivity (Wildman–Crippen MR) is 154 cm³/mol. The van der Waals surface area contributed by atoms with Crippen LogP contribution in [0, 0.1) is 0 Å². The summed E-state index contributed by atoms with van der Waals surface area (Å²) in [5, 5.41) is 20.8. The average molecular weight is 530 g/mol. The minimum Gasteiger partial charge on any atom is -0.508 e. The molecular weight excluding hydrogens is 502 g/mol. The maximum absolute atomic E-state index is 13.8. The summed E-state index contributed by atoms with van der Waals surface area (Å²) in [6.07, 6.45) is 0. The first-order valence-electron chi connectivity index (χ1n) is 12.9. The van der Waals surface area contributed by atoms with E-state index in [4.69, 9.17) is 14.8 Å². The second-order valence-electron chi connectivity index (χ2n) is 9.48. The van der Waals surface area contributed by atoms with E-state index in [1.165, 1.54) is 0 Å². The van der Waals surface area contributed by atoms with Crippen LogP contribution >= 0.6 is 0 Å². The van der Waals surface area contributed by atoms with E-state index in [0.29, 0.717) is 41.1 Å². The molecule has 0 saturated heterocycles. The minimum atomic E-state index is -0.571. The molecule has 1 unspecified atom stereocenters. The number of anilines is 2. The van der Waals surface area contributed by atoms with Crippen LogP contribution in [0.1, 0.15) is 24.1 Å². The number of carbonyl (C=O) groups excluding carboxylic acids is 1. The van der Waals surface area contributed by atoms with Gasteiger partial charge in [0.05, 0.1) is 5.57 Å². The Balaban J connectivity index is 1.39. The van der Waals surface area contributed by atoms with Crippen molar-refractivity contribution in [2.24, 2.45) is 0 Å². The molecule has 0 aliphatic carbocycles. The maximum atomic E-state index is 13.8. The molecule has 5 aromatic rings. The number of amides is 1. The lowest BCUT2D eigenvalue weighted by atomic mass is 9.95. The molecule has 1 atom stereocenters. The number of ether oxygens (including phenoxy) is 1. The molecule has 0 spiro atoms. The Morgan fingerprint density at radius 3 is 2.42 bits per heavy atom. The molecule has 1 aliphatic rings. The molecule has 0 saturated carbocycles. The normalized spacial score (nSPS) is 14.3. The second kappa shape index (κ2) is 10.8. The standard InChI is InChI=1S/C32H27N5O3/c1-21-28(31(39)34-25-12-6-3-7-13-25)29(24-11-8-14-27(19-24)40-20-22-9-4-2-5-10-22)37-32(33-21)35-30(36-37)23-15-17-26(38)18-16-23/h2-19,29,38H,20H2,1H3,(H,34,39)(H,33,35,36). The van der Waals surface area contributed by atoms with Crippen LogP contribution in [0.3, 0.4) is 0 Å². The number of para-hydroxylation sites is 1. The molecule has 8 nitrogen and oxygen atoms in total. The van der Waals surface area contributed by atoms with Gasteiger partial charge in [0, 0.05) is 16.9 Å². The van der Waals surface area contributed by atoms with Crippen LogP contribution in [0.4, 0.5) is 11.6 Å². The van der Waals surface area contributed by atoms with Crippen molar-refractivity contribution >= 4 is 17.5 Å². The molecule has 0 bridgehead atoms. The van der Waals surface area contributed by atoms with Gasteiger partial charge in [-0.15, -0.1) is 5.10 Å². The van der Waals surface area contributed by atoms with Gasteiger partial charge in [0.2, 0.25) is 5.95 Å². The van der Waals surface area contributed by atoms with E-state index in [9.17, 15) is 9.90 Å². The third kappa shape index (κ3) is 5.15. The molecule has 198 valence electrons. The number of hydrogen-bond donors (Lipinski definition) is 3. The highest BCUT2D eigenvalue weighted by Crippen LogP contribution is 2.38. The van der Waals surface area contributed by atoms with Crippen LogP contribution in [0.2, 0.25) is 0 Å². The fourth-order valence-electron chi connectivity index (χ4n) is 4.72. The van der Waals surface area contributed by atoms with Gasteiger partial charge < -0.3 is 20.5 Å². The van der Waals surface area contributed by atoms with E-state index < -0.39 is 6.04 Å². The van der Waals surface area contributed by atoms with Crippen molar-refractivity contribution in [3.8, 4) is 22.9 Å². The number of rotatable bonds is 7. The fraction of sp³-hybridized carbons (Fsp3) is 0.0938. The van der Waals surface area contributed by atoms with Crippen molar-refractivity contribution in [1.29, 1.82) is 0 Å².